The normalized spacial score (nSPS) is 23.4. The molecule has 0 saturated heterocycles. The average Bonchev–Trinajstić information content (AvgIpc) is 2.41. The van der Waals surface area contributed by atoms with E-state index in [0.29, 0.717) is 11.3 Å². The van der Waals surface area contributed by atoms with E-state index < -0.39 is 6.10 Å². The zero-order valence-electron chi connectivity index (χ0n) is 10.6. The Bertz CT molecular complexity index is 419. The molecule has 0 heterocycles. The van der Waals surface area contributed by atoms with E-state index in [4.69, 9.17) is 4.74 Å². The van der Waals surface area contributed by atoms with Crippen LogP contribution in [0.4, 0.5) is 0 Å². The molecule has 98 valence electrons. The second-order valence-electron chi connectivity index (χ2n) is 4.66. The van der Waals surface area contributed by atoms with Crippen molar-refractivity contribution in [2.45, 2.75) is 37.8 Å². The van der Waals surface area contributed by atoms with Crippen molar-refractivity contribution in [1.82, 2.24) is 5.32 Å². The van der Waals surface area contributed by atoms with E-state index in [2.05, 4.69) is 5.32 Å². The minimum absolute atomic E-state index is 0.127. The van der Waals surface area contributed by atoms with Crippen molar-refractivity contribution in [2.75, 3.05) is 7.11 Å². The van der Waals surface area contributed by atoms with Crippen molar-refractivity contribution in [3.05, 3.63) is 29.8 Å². The predicted octanol–water partition coefficient (Wildman–Crippen LogP) is 1.73. The minimum atomic E-state index is -0.423. The molecule has 2 rings (SSSR count). The maximum Gasteiger partial charge on any atom is 0.251 e. The molecule has 1 aromatic rings. The fourth-order valence-electron chi connectivity index (χ4n) is 2.30. The highest BCUT2D eigenvalue weighted by Gasteiger charge is 2.24. The van der Waals surface area contributed by atoms with Crippen molar-refractivity contribution >= 4 is 5.91 Å². The van der Waals surface area contributed by atoms with Crippen LogP contribution < -0.4 is 10.1 Å². The molecule has 1 aliphatic carbocycles. The van der Waals surface area contributed by atoms with E-state index in [1.165, 1.54) is 0 Å². The Morgan fingerprint density at radius 3 is 2.89 bits per heavy atom. The second kappa shape index (κ2) is 5.87. The van der Waals surface area contributed by atoms with Crippen molar-refractivity contribution < 1.29 is 14.6 Å². The number of methoxy groups -OCH3 is 1. The standard InChI is InChI=1S/C14H19NO3/c1-18-11-6-4-5-10(9-11)14(17)15-12-7-2-3-8-13(12)16/h4-6,9,12-13,16H,2-3,7-8H2,1H3,(H,15,17). The second-order valence-corrected chi connectivity index (χ2v) is 4.66. The van der Waals surface area contributed by atoms with Gasteiger partial charge in [-0.15, -0.1) is 0 Å². The van der Waals surface area contributed by atoms with Crippen LogP contribution in [0.2, 0.25) is 0 Å². The van der Waals surface area contributed by atoms with Crippen LogP contribution >= 0.6 is 0 Å². The first-order valence-corrected chi connectivity index (χ1v) is 6.33. The van der Waals surface area contributed by atoms with Gasteiger partial charge in [0, 0.05) is 5.56 Å². The monoisotopic (exact) mass is 249 g/mol. The highest BCUT2D eigenvalue weighted by atomic mass is 16.5. The number of ether oxygens (including phenoxy) is 1. The van der Waals surface area contributed by atoms with Crippen LogP contribution in [0.3, 0.4) is 0 Å². The Labute approximate surface area is 107 Å². The van der Waals surface area contributed by atoms with E-state index in [-0.39, 0.29) is 11.9 Å². The number of hydrogen-bond donors (Lipinski definition) is 2. The van der Waals surface area contributed by atoms with Gasteiger partial charge in [0.25, 0.3) is 5.91 Å². The van der Waals surface area contributed by atoms with Gasteiger partial charge in [-0.2, -0.15) is 0 Å². The first-order valence-electron chi connectivity index (χ1n) is 6.33. The van der Waals surface area contributed by atoms with E-state index in [0.717, 1.165) is 25.7 Å². The summed E-state index contributed by atoms with van der Waals surface area (Å²) in [6.45, 7) is 0. The van der Waals surface area contributed by atoms with Crippen molar-refractivity contribution in [2.24, 2.45) is 0 Å². The van der Waals surface area contributed by atoms with Crippen LogP contribution in [0.1, 0.15) is 36.0 Å². The summed E-state index contributed by atoms with van der Waals surface area (Å²) in [6.07, 6.45) is 3.28. The molecule has 18 heavy (non-hydrogen) atoms. The van der Waals surface area contributed by atoms with Crippen LogP contribution in [0.25, 0.3) is 0 Å². The predicted molar refractivity (Wildman–Crippen MR) is 68.7 cm³/mol. The molecule has 1 aliphatic rings. The summed E-state index contributed by atoms with van der Waals surface area (Å²) in [4.78, 5) is 12.0. The molecular formula is C14H19NO3. The largest absolute Gasteiger partial charge is 0.497 e. The zero-order chi connectivity index (χ0) is 13.0. The van der Waals surface area contributed by atoms with E-state index in [1.807, 2.05) is 0 Å². The zero-order valence-corrected chi connectivity index (χ0v) is 10.6. The topological polar surface area (TPSA) is 58.6 Å². The number of aliphatic hydroxyl groups is 1. The third-order valence-corrected chi connectivity index (χ3v) is 3.38. The van der Waals surface area contributed by atoms with E-state index in [9.17, 15) is 9.90 Å². The summed E-state index contributed by atoms with van der Waals surface area (Å²) in [7, 11) is 1.57. The SMILES string of the molecule is COc1cccc(C(=O)NC2CCCCC2O)c1. The van der Waals surface area contributed by atoms with Crippen LogP contribution in [-0.4, -0.2) is 30.3 Å². The number of rotatable bonds is 3. The summed E-state index contributed by atoms with van der Waals surface area (Å²) in [5.74, 6) is 0.506. The Kier molecular flexibility index (Phi) is 4.20. The third-order valence-electron chi connectivity index (χ3n) is 3.38. The molecule has 1 saturated carbocycles. The van der Waals surface area contributed by atoms with Crippen LogP contribution in [-0.2, 0) is 0 Å². The average molecular weight is 249 g/mol. The Morgan fingerprint density at radius 1 is 1.39 bits per heavy atom. The van der Waals surface area contributed by atoms with Crippen molar-refractivity contribution in [1.29, 1.82) is 0 Å². The molecule has 1 amide bonds. The van der Waals surface area contributed by atoms with Gasteiger partial charge in [-0.1, -0.05) is 18.9 Å². The molecule has 1 aromatic carbocycles. The van der Waals surface area contributed by atoms with E-state index >= 15 is 0 Å². The number of carbonyl (C=O) groups is 1. The van der Waals surface area contributed by atoms with Gasteiger partial charge in [0.1, 0.15) is 5.75 Å². The molecule has 2 N–H and O–H groups in total. The Hall–Kier alpha value is -1.55. The molecule has 0 aliphatic heterocycles. The quantitative estimate of drug-likeness (QED) is 0.857. The Balaban J connectivity index is 2.02. The molecule has 0 aromatic heterocycles. The van der Waals surface area contributed by atoms with Gasteiger partial charge in [0.05, 0.1) is 19.3 Å². The van der Waals surface area contributed by atoms with Gasteiger partial charge in [0.2, 0.25) is 0 Å². The fraction of sp³-hybridized carbons (Fsp3) is 0.500. The number of benzene rings is 1. The van der Waals surface area contributed by atoms with Gasteiger partial charge in [-0.3, -0.25) is 4.79 Å². The summed E-state index contributed by atoms with van der Waals surface area (Å²) < 4.78 is 5.09. The van der Waals surface area contributed by atoms with Gasteiger partial charge < -0.3 is 15.2 Å². The summed E-state index contributed by atoms with van der Waals surface area (Å²) >= 11 is 0. The van der Waals surface area contributed by atoms with E-state index in [1.54, 1.807) is 31.4 Å². The third kappa shape index (κ3) is 3.01. The molecule has 0 radical (unpaired) electrons. The highest BCUT2D eigenvalue weighted by molar-refractivity contribution is 5.94. The number of carbonyl (C=O) groups excluding carboxylic acids is 1. The van der Waals surface area contributed by atoms with Gasteiger partial charge in [-0.25, -0.2) is 0 Å². The van der Waals surface area contributed by atoms with Crippen LogP contribution in [0.15, 0.2) is 24.3 Å². The minimum Gasteiger partial charge on any atom is -0.497 e. The number of amides is 1. The van der Waals surface area contributed by atoms with Crippen LogP contribution in [0.5, 0.6) is 5.75 Å². The smallest absolute Gasteiger partial charge is 0.251 e. The lowest BCUT2D eigenvalue weighted by Crippen LogP contribution is -2.45. The van der Waals surface area contributed by atoms with Crippen molar-refractivity contribution in [3.63, 3.8) is 0 Å². The molecule has 1 fully saturated rings. The first kappa shape index (κ1) is 12.9. The number of hydrogen-bond acceptors (Lipinski definition) is 3. The number of nitrogens with one attached hydrogen (secondary N) is 1. The first-order chi connectivity index (χ1) is 8.70. The summed E-state index contributed by atoms with van der Waals surface area (Å²) in [5.41, 5.74) is 0.562. The lowest BCUT2D eigenvalue weighted by molar-refractivity contribution is 0.0717. The lowest BCUT2D eigenvalue weighted by Gasteiger charge is -2.28. The summed E-state index contributed by atoms with van der Waals surface area (Å²) in [5, 5.41) is 12.7. The summed E-state index contributed by atoms with van der Waals surface area (Å²) in [6, 6.07) is 6.90. The van der Waals surface area contributed by atoms with Gasteiger partial charge in [0.15, 0.2) is 0 Å². The molecule has 0 bridgehead atoms. The number of aliphatic hydroxyl groups excluding tert-OH is 1. The highest BCUT2D eigenvalue weighted by Crippen LogP contribution is 2.19. The fourth-order valence-corrected chi connectivity index (χ4v) is 2.30. The maximum absolute atomic E-state index is 12.0. The van der Waals surface area contributed by atoms with Crippen molar-refractivity contribution in [3.8, 4) is 5.75 Å². The molecule has 4 heteroatoms. The van der Waals surface area contributed by atoms with Gasteiger partial charge in [-0.05, 0) is 31.0 Å². The lowest BCUT2D eigenvalue weighted by atomic mass is 9.92. The molecule has 4 nitrogen and oxygen atoms in total. The molecule has 0 spiro atoms. The maximum atomic E-state index is 12.0. The molecule has 2 atom stereocenters. The van der Waals surface area contributed by atoms with Crippen LogP contribution in [0, 0.1) is 0 Å². The molecule has 2 unspecified atom stereocenters. The Morgan fingerprint density at radius 2 is 2.17 bits per heavy atom. The van der Waals surface area contributed by atoms with Gasteiger partial charge >= 0.3 is 0 Å². The molecular weight excluding hydrogens is 230 g/mol.